The van der Waals surface area contributed by atoms with E-state index in [4.69, 9.17) is 0 Å². The third kappa shape index (κ3) is 4.70. The highest BCUT2D eigenvalue weighted by Crippen LogP contribution is 2.30. The summed E-state index contributed by atoms with van der Waals surface area (Å²) in [5.41, 5.74) is -0.622. The number of piperazine rings is 1. The minimum absolute atomic E-state index is 0.154. The molecule has 1 saturated heterocycles. The molecule has 9 heteroatoms. The Bertz CT molecular complexity index is 712. The highest BCUT2D eigenvalue weighted by atomic mass is 32.1. The molecule has 3 rings (SSSR count). The number of amides is 1. The molecule has 2 heterocycles. The van der Waals surface area contributed by atoms with E-state index in [0.717, 1.165) is 30.4 Å². The van der Waals surface area contributed by atoms with Crippen LogP contribution in [-0.2, 0) is 11.0 Å². The first kappa shape index (κ1) is 17.7. The van der Waals surface area contributed by atoms with Crippen LogP contribution < -0.4 is 10.2 Å². The summed E-state index contributed by atoms with van der Waals surface area (Å²) in [4.78, 5) is 20.5. The number of alkyl halides is 3. The van der Waals surface area contributed by atoms with Crippen molar-refractivity contribution in [2.75, 3.05) is 42.9 Å². The number of nitrogens with zero attached hydrogens (tertiary/aromatic N) is 3. The number of hydrogen-bond acceptors (Lipinski definition) is 5. The van der Waals surface area contributed by atoms with Gasteiger partial charge < -0.3 is 10.2 Å². The van der Waals surface area contributed by atoms with Crippen LogP contribution in [0.4, 0.5) is 24.0 Å². The van der Waals surface area contributed by atoms with Gasteiger partial charge in [-0.3, -0.25) is 9.69 Å². The first-order valence-corrected chi connectivity index (χ1v) is 8.64. The second kappa shape index (κ2) is 7.40. The van der Waals surface area contributed by atoms with Crippen LogP contribution >= 0.6 is 11.3 Å². The first-order chi connectivity index (χ1) is 11.9. The fourth-order valence-electron chi connectivity index (χ4n) is 2.65. The summed E-state index contributed by atoms with van der Waals surface area (Å²) in [6, 6.07) is 4.66. The Morgan fingerprint density at radius 2 is 2.00 bits per heavy atom. The molecule has 1 aromatic heterocycles. The van der Waals surface area contributed by atoms with Crippen molar-refractivity contribution in [3.8, 4) is 0 Å². The zero-order valence-corrected chi connectivity index (χ0v) is 14.1. The highest BCUT2D eigenvalue weighted by molar-refractivity contribution is 7.13. The standard InChI is InChI=1S/C16H17F3N4OS/c17-16(18,19)12-2-1-3-13(10-12)21-14(24)11-22-5-7-23(8-6-22)15-20-4-9-25-15/h1-4,9-10H,5-8,11H2,(H,21,24). The predicted molar refractivity (Wildman–Crippen MR) is 90.8 cm³/mol. The van der Waals surface area contributed by atoms with E-state index in [1.807, 2.05) is 10.3 Å². The second-order valence-corrected chi connectivity index (χ2v) is 6.58. The molecule has 0 unspecified atom stereocenters. The maximum absolute atomic E-state index is 12.7. The SMILES string of the molecule is O=C(CN1CCN(c2nccs2)CC1)Nc1cccc(C(F)(F)F)c1. The summed E-state index contributed by atoms with van der Waals surface area (Å²) in [6.07, 6.45) is -2.66. The Hall–Kier alpha value is -2.13. The van der Waals surface area contributed by atoms with E-state index in [-0.39, 0.29) is 18.1 Å². The lowest BCUT2D eigenvalue weighted by Crippen LogP contribution is -2.48. The van der Waals surface area contributed by atoms with Gasteiger partial charge in [0.15, 0.2) is 5.13 Å². The first-order valence-electron chi connectivity index (χ1n) is 7.76. The van der Waals surface area contributed by atoms with Gasteiger partial charge in [-0.05, 0) is 18.2 Å². The molecule has 0 atom stereocenters. The van der Waals surface area contributed by atoms with E-state index >= 15 is 0 Å². The zero-order valence-electron chi connectivity index (χ0n) is 13.3. The van der Waals surface area contributed by atoms with Gasteiger partial charge in [0.1, 0.15) is 0 Å². The molecule has 1 N–H and O–H groups in total. The molecule has 5 nitrogen and oxygen atoms in total. The summed E-state index contributed by atoms with van der Waals surface area (Å²) in [5, 5.41) is 5.42. The number of thiazole rings is 1. The van der Waals surface area contributed by atoms with Crippen molar-refractivity contribution in [3.63, 3.8) is 0 Å². The number of nitrogens with one attached hydrogen (secondary N) is 1. The maximum Gasteiger partial charge on any atom is 0.416 e. The third-order valence-electron chi connectivity index (χ3n) is 3.90. The van der Waals surface area contributed by atoms with E-state index in [2.05, 4.69) is 15.2 Å². The van der Waals surface area contributed by atoms with Gasteiger partial charge in [-0.25, -0.2) is 4.98 Å². The van der Waals surface area contributed by atoms with Gasteiger partial charge in [-0.2, -0.15) is 13.2 Å². The number of halogens is 3. The molecule has 1 aromatic carbocycles. The Kier molecular flexibility index (Phi) is 5.24. The fraction of sp³-hybridized carbons (Fsp3) is 0.375. The number of carbonyl (C=O) groups excluding carboxylic acids is 1. The molecule has 0 bridgehead atoms. The van der Waals surface area contributed by atoms with E-state index in [0.29, 0.717) is 13.1 Å². The van der Waals surface area contributed by atoms with Gasteiger partial charge in [0.25, 0.3) is 0 Å². The van der Waals surface area contributed by atoms with Gasteiger partial charge in [0.05, 0.1) is 12.1 Å². The van der Waals surface area contributed by atoms with Crippen LogP contribution in [0.25, 0.3) is 0 Å². The molecule has 25 heavy (non-hydrogen) atoms. The molecular weight excluding hydrogens is 353 g/mol. The Balaban J connectivity index is 1.50. The van der Waals surface area contributed by atoms with Crippen LogP contribution in [0.2, 0.25) is 0 Å². The summed E-state index contributed by atoms with van der Waals surface area (Å²) in [7, 11) is 0. The van der Waals surface area contributed by atoms with Gasteiger partial charge >= 0.3 is 6.18 Å². The summed E-state index contributed by atoms with van der Waals surface area (Å²) in [5.74, 6) is -0.318. The number of aromatic nitrogens is 1. The largest absolute Gasteiger partial charge is 0.416 e. The molecule has 1 fully saturated rings. The number of rotatable bonds is 4. The number of carbonyl (C=O) groups is 1. The van der Waals surface area contributed by atoms with Crippen LogP contribution in [0.5, 0.6) is 0 Å². The van der Waals surface area contributed by atoms with Crippen molar-refractivity contribution in [2.24, 2.45) is 0 Å². The maximum atomic E-state index is 12.7. The van der Waals surface area contributed by atoms with E-state index in [1.165, 1.54) is 12.1 Å². The average Bonchev–Trinajstić information content (AvgIpc) is 3.09. The van der Waals surface area contributed by atoms with E-state index < -0.39 is 11.7 Å². The number of hydrogen-bond donors (Lipinski definition) is 1. The molecule has 2 aromatic rings. The fourth-order valence-corrected chi connectivity index (χ4v) is 3.34. The van der Waals surface area contributed by atoms with Crippen molar-refractivity contribution in [2.45, 2.75) is 6.18 Å². The summed E-state index contributed by atoms with van der Waals surface area (Å²) < 4.78 is 38.1. The smallest absolute Gasteiger partial charge is 0.346 e. The van der Waals surface area contributed by atoms with Crippen LogP contribution in [0.15, 0.2) is 35.8 Å². The Morgan fingerprint density at radius 3 is 2.64 bits per heavy atom. The lowest BCUT2D eigenvalue weighted by atomic mass is 10.2. The van der Waals surface area contributed by atoms with E-state index in [1.54, 1.807) is 17.5 Å². The molecule has 1 aliphatic heterocycles. The molecule has 0 spiro atoms. The van der Waals surface area contributed by atoms with Gasteiger partial charge in [0, 0.05) is 43.4 Å². The van der Waals surface area contributed by atoms with Gasteiger partial charge in [-0.1, -0.05) is 6.07 Å². The minimum atomic E-state index is -4.42. The van der Waals surface area contributed by atoms with Crippen LogP contribution in [0, 0.1) is 0 Å². The van der Waals surface area contributed by atoms with E-state index in [9.17, 15) is 18.0 Å². The van der Waals surface area contributed by atoms with Gasteiger partial charge in [-0.15, -0.1) is 11.3 Å². The second-order valence-electron chi connectivity index (χ2n) is 5.70. The lowest BCUT2D eigenvalue weighted by Gasteiger charge is -2.34. The van der Waals surface area contributed by atoms with Crippen molar-refractivity contribution in [3.05, 3.63) is 41.4 Å². The van der Waals surface area contributed by atoms with Crippen molar-refractivity contribution in [1.82, 2.24) is 9.88 Å². The number of anilines is 2. The van der Waals surface area contributed by atoms with Crippen molar-refractivity contribution in [1.29, 1.82) is 0 Å². The molecule has 0 radical (unpaired) electrons. The molecule has 1 amide bonds. The molecule has 134 valence electrons. The van der Waals surface area contributed by atoms with Crippen LogP contribution in [0.1, 0.15) is 5.56 Å². The van der Waals surface area contributed by atoms with Crippen LogP contribution in [0.3, 0.4) is 0 Å². The topological polar surface area (TPSA) is 48.5 Å². The van der Waals surface area contributed by atoms with Crippen LogP contribution in [-0.4, -0.2) is 48.5 Å². The predicted octanol–water partition coefficient (Wildman–Crippen LogP) is 2.92. The summed E-state index contributed by atoms with van der Waals surface area (Å²) >= 11 is 1.57. The quantitative estimate of drug-likeness (QED) is 0.899. The highest BCUT2D eigenvalue weighted by Gasteiger charge is 2.30. The monoisotopic (exact) mass is 370 g/mol. The third-order valence-corrected chi connectivity index (χ3v) is 4.74. The van der Waals surface area contributed by atoms with Crippen molar-refractivity contribution >= 4 is 28.1 Å². The summed E-state index contributed by atoms with van der Waals surface area (Å²) in [6.45, 7) is 3.10. The molecule has 1 aliphatic rings. The molecule has 0 aliphatic carbocycles. The normalized spacial score (nSPS) is 16.0. The zero-order chi connectivity index (χ0) is 17.9. The average molecular weight is 370 g/mol. The number of benzene rings is 1. The van der Waals surface area contributed by atoms with Crippen molar-refractivity contribution < 1.29 is 18.0 Å². The minimum Gasteiger partial charge on any atom is -0.346 e. The molecule has 0 saturated carbocycles. The molecular formula is C16H17F3N4OS. The lowest BCUT2D eigenvalue weighted by molar-refractivity contribution is -0.137. The Morgan fingerprint density at radius 1 is 1.24 bits per heavy atom. The Labute approximate surface area is 147 Å². The van der Waals surface area contributed by atoms with Gasteiger partial charge in [0.2, 0.25) is 5.91 Å².